The normalized spacial score (nSPS) is 25.9. The van der Waals surface area contributed by atoms with E-state index in [2.05, 4.69) is 4.72 Å². The lowest BCUT2D eigenvalue weighted by Gasteiger charge is -2.42. The second kappa shape index (κ2) is 9.86. The first kappa shape index (κ1) is 23.8. The highest BCUT2D eigenvalue weighted by molar-refractivity contribution is 7.92. The Morgan fingerprint density at radius 3 is 2.70 bits per heavy atom. The summed E-state index contributed by atoms with van der Waals surface area (Å²) in [5.41, 5.74) is 0.622. The van der Waals surface area contributed by atoms with Gasteiger partial charge in [-0.15, -0.1) is 0 Å². The van der Waals surface area contributed by atoms with Crippen molar-refractivity contribution in [2.45, 2.75) is 44.4 Å². The number of fused-ring (bicyclic) bond motifs is 2. The minimum Gasteiger partial charge on any atom is -0.490 e. The van der Waals surface area contributed by atoms with Crippen molar-refractivity contribution in [2.24, 2.45) is 0 Å². The van der Waals surface area contributed by atoms with E-state index in [0.29, 0.717) is 62.6 Å². The molecule has 2 fully saturated rings. The number of likely N-dealkylation sites (N-methyl/N-ethyl adjacent to an activating group) is 1. The first-order valence-electron chi connectivity index (χ1n) is 11.3. The highest BCUT2D eigenvalue weighted by Crippen LogP contribution is 2.33. The highest BCUT2D eigenvalue weighted by Gasteiger charge is 2.39. The van der Waals surface area contributed by atoms with Gasteiger partial charge in [-0.05, 0) is 38.0 Å². The van der Waals surface area contributed by atoms with Crippen LogP contribution in [0.5, 0.6) is 5.75 Å². The standard InChI is InChI=1S/C22H31N3O7S/c1-3-33(28,29)23-15-4-7-19-17(12-15)22(27)24(2)18-6-5-16(32-20(18)14-31-19)13-21(26)25-8-10-30-11-9-25/h4,7,12,16,18,20,23H,3,5-6,8-11,13-14H2,1-2H3/t16-,18-,20+/m1/s1. The summed E-state index contributed by atoms with van der Waals surface area (Å²) >= 11 is 0. The Morgan fingerprint density at radius 1 is 1.21 bits per heavy atom. The lowest BCUT2D eigenvalue weighted by molar-refractivity contribution is -0.146. The number of rotatable bonds is 5. The summed E-state index contributed by atoms with van der Waals surface area (Å²) in [5, 5.41) is 0. The molecular weight excluding hydrogens is 450 g/mol. The number of hydrogen-bond acceptors (Lipinski definition) is 7. The van der Waals surface area contributed by atoms with Crippen molar-refractivity contribution in [3.8, 4) is 5.75 Å². The van der Waals surface area contributed by atoms with Crippen molar-refractivity contribution in [1.82, 2.24) is 9.80 Å². The molecule has 11 heteroatoms. The number of hydrogen-bond donors (Lipinski definition) is 1. The van der Waals surface area contributed by atoms with Crippen LogP contribution in [0.3, 0.4) is 0 Å². The van der Waals surface area contributed by atoms with Crippen molar-refractivity contribution in [1.29, 1.82) is 0 Å². The molecule has 0 unspecified atom stereocenters. The quantitative estimate of drug-likeness (QED) is 0.669. The topological polar surface area (TPSA) is 114 Å². The second-order valence-electron chi connectivity index (χ2n) is 8.58. The number of sulfonamides is 1. The number of ether oxygens (including phenoxy) is 3. The van der Waals surface area contributed by atoms with Gasteiger partial charge in [0, 0.05) is 25.8 Å². The molecule has 0 spiro atoms. The van der Waals surface area contributed by atoms with Crippen LogP contribution in [0, 0.1) is 0 Å². The summed E-state index contributed by atoms with van der Waals surface area (Å²) in [6.07, 6.45) is 1.07. The molecule has 3 aliphatic rings. The third-order valence-corrected chi connectivity index (χ3v) is 7.74. The van der Waals surface area contributed by atoms with Crippen LogP contribution < -0.4 is 9.46 Å². The van der Waals surface area contributed by atoms with Crippen LogP contribution in [-0.2, 0) is 24.3 Å². The van der Waals surface area contributed by atoms with Crippen LogP contribution in [0.1, 0.15) is 36.5 Å². The fourth-order valence-electron chi connectivity index (χ4n) is 4.48. The molecule has 0 aromatic heterocycles. The van der Waals surface area contributed by atoms with Crippen LogP contribution in [0.15, 0.2) is 18.2 Å². The lowest BCUT2D eigenvalue weighted by atomic mass is 9.94. The van der Waals surface area contributed by atoms with Gasteiger partial charge in [-0.1, -0.05) is 0 Å². The van der Waals surface area contributed by atoms with Crippen molar-refractivity contribution in [3.63, 3.8) is 0 Å². The number of carbonyl (C=O) groups is 2. The van der Waals surface area contributed by atoms with Gasteiger partial charge in [0.05, 0.1) is 43.1 Å². The largest absolute Gasteiger partial charge is 0.490 e. The summed E-state index contributed by atoms with van der Waals surface area (Å²) in [5.74, 6) is 0.110. The monoisotopic (exact) mass is 481 g/mol. The van der Waals surface area contributed by atoms with Gasteiger partial charge in [0.2, 0.25) is 15.9 Å². The Hall–Kier alpha value is -2.37. The maximum absolute atomic E-state index is 13.2. The molecule has 0 saturated carbocycles. The van der Waals surface area contributed by atoms with Gasteiger partial charge >= 0.3 is 0 Å². The predicted octanol–water partition coefficient (Wildman–Crippen LogP) is 1.08. The van der Waals surface area contributed by atoms with Crippen LogP contribution >= 0.6 is 0 Å². The van der Waals surface area contributed by atoms with Gasteiger partial charge in [-0.2, -0.15) is 0 Å². The van der Waals surface area contributed by atoms with E-state index in [1.54, 1.807) is 31.0 Å². The van der Waals surface area contributed by atoms with E-state index in [1.165, 1.54) is 6.07 Å². The molecule has 0 bridgehead atoms. The molecule has 1 N–H and O–H groups in total. The van der Waals surface area contributed by atoms with Crippen molar-refractivity contribution >= 4 is 27.5 Å². The van der Waals surface area contributed by atoms with E-state index in [-0.39, 0.29) is 42.4 Å². The zero-order valence-electron chi connectivity index (χ0n) is 19.0. The fraction of sp³-hybridized carbons (Fsp3) is 0.636. The molecule has 4 rings (SSSR count). The van der Waals surface area contributed by atoms with E-state index in [0.717, 1.165) is 0 Å². The Labute approximate surface area is 194 Å². The van der Waals surface area contributed by atoms with E-state index in [4.69, 9.17) is 14.2 Å². The molecule has 0 aliphatic carbocycles. The molecule has 1 aromatic carbocycles. The number of nitrogens with zero attached hydrogens (tertiary/aromatic N) is 2. The fourth-order valence-corrected chi connectivity index (χ4v) is 5.11. The maximum Gasteiger partial charge on any atom is 0.257 e. The van der Waals surface area contributed by atoms with Crippen LogP contribution in [0.4, 0.5) is 5.69 Å². The predicted molar refractivity (Wildman–Crippen MR) is 121 cm³/mol. The molecule has 0 radical (unpaired) electrons. The molecule has 1 aromatic rings. The average Bonchev–Trinajstić information content (AvgIpc) is 2.82. The Bertz CT molecular complexity index is 994. The van der Waals surface area contributed by atoms with E-state index >= 15 is 0 Å². The molecule has 3 atom stereocenters. The molecule has 2 saturated heterocycles. The molecule has 2 amide bonds. The van der Waals surface area contributed by atoms with E-state index < -0.39 is 10.0 Å². The van der Waals surface area contributed by atoms with E-state index in [9.17, 15) is 18.0 Å². The summed E-state index contributed by atoms with van der Waals surface area (Å²) in [6.45, 7) is 4.10. The smallest absolute Gasteiger partial charge is 0.257 e. The minimum absolute atomic E-state index is 0.0605. The molecule has 10 nitrogen and oxygen atoms in total. The summed E-state index contributed by atoms with van der Waals surface area (Å²) in [4.78, 5) is 29.3. The molecule has 3 heterocycles. The Balaban J connectivity index is 1.46. The first-order chi connectivity index (χ1) is 15.8. The molecule has 182 valence electrons. The summed E-state index contributed by atoms with van der Waals surface area (Å²) in [6, 6.07) is 4.48. The van der Waals surface area contributed by atoms with Gasteiger partial charge in [-0.25, -0.2) is 8.42 Å². The minimum atomic E-state index is -3.46. The van der Waals surface area contributed by atoms with Crippen LogP contribution in [-0.4, -0.2) is 94.0 Å². The van der Waals surface area contributed by atoms with Gasteiger partial charge in [-0.3, -0.25) is 14.3 Å². The van der Waals surface area contributed by atoms with Gasteiger partial charge in [0.25, 0.3) is 5.91 Å². The van der Waals surface area contributed by atoms with Crippen molar-refractivity contribution < 1.29 is 32.2 Å². The zero-order chi connectivity index (χ0) is 23.6. The van der Waals surface area contributed by atoms with Gasteiger partial charge in [0.1, 0.15) is 18.5 Å². The third kappa shape index (κ3) is 5.42. The number of amides is 2. The number of carbonyl (C=O) groups excluding carboxylic acids is 2. The zero-order valence-corrected chi connectivity index (χ0v) is 19.8. The third-order valence-electron chi connectivity index (χ3n) is 6.43. The summed E-state index contributed by atoms with van der Waals surface area (Å²) in [7, 11) is -1.74. The van der Waals surface area contributed by atoms with Crippen LogP contribution in [0.2, 0.25) is 0 Å². The molecule has 33 heavy (non-hydrogen) atoms. The Kier molecular flexibility index (Phi) is 7.10. The second-order valence-corrected chi connectivity index (χ2v) is 10.6. The number of anilines is 1. The average molecular weight is 482 g/mol. The molecule has 3 aliphatic heterocycles. The number of morpholine rings is 1. The Morgan fingerprint density at radius 2 is 1.97 bits per heavy atom. The van der Waals surface area contributed by atoms with E-state index in [1.807, 2.05) is 4.90 Å². The molecular formula is C22H31N3O7S. The number of benzene rings is 1. The highest BCUT2D eigenvalue weighted by atomic mass is 32.2. The van der Waals surface area contributed by atoms with Crippen molar-refractivity contribution in [2.75, 3.05) is 50.4 Å². The van der Waals surface area contributed by atoms with Gasteiger partial charge < -0.3 is 24.0 Å². The van der Waals surface area contributed by atoms with Gasteiger partial charge in [0.15, 0.2) is 0 Å². The first-order valence-corrected chi connectivity index (χ1v) is 13.0. The van der Waals surface area contributed by atoms with Crippen LogP contribution in [0.25, 0.3) is 0 Å². The van der Waals surface area contributed by atoms with Crippen molar-refractivity contribution in [3.05, 3.63) is 23.8 Å². The maximum atomic E-state index is 13.2. The SMILES string of the molecule is CCS(=O)(=O)Nc1ccc2c(c1)C(=O)N(C)[C@@H]1CC[C@H](CC(=O)N3CCOCC3)O[C@H]1CO2. The lowest BCUT2D eigenvalue weighted by Crippen LogP contribution is -2.54. The summed E-state index contributed by atoms with van der Waals surface area (Å²) < 4.78 is 43.8. The number of nitrogens with one attached hydrogen (secondary N) is 1.